The van der Waals surface area contributed by atoms with Gasteiger partial charge >= 0.3 is 12.4 Å². The molecule has 3 N–H and O–H groups in total. The third-order valence-electron chi connectivity index (χ3n) is 2.64. The van der Waals surface area contributed by atoms with Crippen molar-refractivity contribution in [2.45, 2.75) is 12.4 Å². The Hall–Kier alpha value is -2.19. The minimum atomic E-state index is -4.99. The van der Waals surface area contributed by atoms with E-state index in [9.17, 15) is 31.1 Å². The first-order chi connectivity index (χ1) is 9.00. The van der Waals surface area contributed by atoms with E-state index in [1.165, 1.54) is 0 Å². The highest BCUT2D eigenvalue weighted by Gasteiger charge is 2.38. The Kier molecular flexibility index (Phi) is 2.95. The number of hydrogen-bond donors (Lipinski definition) is 2. The van der Waals surface area contributed by atoms with Gasteiger partial charge in [0.25, 0.3) is 5.91 Å². The van der Waals surface area contributed by atoms with E-state index in [-0.39, 0.29) is 6.07 Å². The van der Waals surface area contributed by atoms with Crippen LogP contribution >= 0.6 is 0 Å². The minimum absolute atomic E-state index is 0.000939. The number of carbonyl (C=O) groups is 1. The zero-order chi connectivity index (χ0) is 15.3. The average molecular weight is 296 g/mol. The molecule has 0 saturated carbocycles. The molecular weight excluding hydrogens is 290 g/mol. The quantitative estimate of drug-likeness (QED) is 0.779. The summed E-state index contributed by atoms with van der Waals surface area (Å²) in [4.78, 5) is 13.0. The van der Waals surface area contributed by atoms with Gasteiger partial charge in [-0.15, -0.1) is 0 Å². The molecule has 3 nitrogen and oxygen atoms in total. The molecule has 0 radical (unpaired) electrons. The SMILES string of the molecule is NC(=O)c1cc2c(C(F)(F)F)cc(C(F)(F)F)cc2[nH]1. The molecule has 2 aromatic rings. The second kappa shape index (κ2) is 4.15. The van der Waals surface area contributed by atoms with Crippen LogP contribution in [0.25, 0.3) is 10.9 Å². The van der Waals surface area contributed by atoms with Crippen molar-refractivity contribution in [3.05, 3.63) is 35.0 Å². The number of nitrogens with two attached hydrogens (primary N) is 1. The summed E-state index contributed by atoms with van der Waals surface area (Å²) in [7, 11) is 0. The number of amides is 1. The van der Waals surface area contributed by atoms with Crippen molar-refractivity contribution in [3.8, 4) is 0 Å². The van der Waals surface area contributed by atoms with Gasteiger partial charge in [0.1, 0.15) is 5.69 Å². The maximum absolute atomic E-state index is 12.8. The molecule has 0 bridgehead atoms. The van der Waals surface area contributed by atoms with Crippen LogP contribution in [0.2, 0.25) is 0 Å². The zero-order valence-corrected chi connectivity index (χ0v) is 9.49. The molecule has 1 amide bonds. The summed E-state index contributed by atoms with van der Waals surface area (Å²) in [5.74, 6) is -1.07. The van der Waals surface area contributed by atoms with E-state index >= 15 is 0 Å². The third kappa shape index (κ3) is 2.43. The molecule has 108 valence electrons. The van der Waals surface area contributed by atoms with Gasteiger partial charge < -0.3 is 10.7 Å². The van der Waals surface area contributed by atoms with Crippen molar-refractivity contribution < 1.29 is 31.1 Å². The van der Waals surface area contributed by atoms with Gasteiger partial charge in [0.2, 0.25) is 0 Å². The summed E-state index contributed by atoms with van der Waals surface area (Å²) in [6.45, 7) is 0. The Morgan fingerprint density at radius 1 is 1.00 bits per heavy atom. The van der Waals surface area contributed by atoms with Gasteiger partial charge in [-0.3, -0.25) is 4.79 Å². The van der Waals surface area contributed by atoms with Crippen LogP contribution in [0.5, 0.6) is 0 Å². The number of aromatic nitrogens is 1. The molecular formula is C11H6F6N2O. The third-order valence-corrected chi connectivity index (χ3v) is 2.64. The fraction of sp³-hybridized carbons (Fsp3) is 0.182. The molecule has 0 aliphatic rings. The average Bonchev–Trinajstić information content (AvgIpc) is 2.68. The Morgan fingerprint density at radius 2 is 1.60 bits per heavy atom. The van der Waals surface area contributed by atoms with E-state index in [0.717, 1.165) is 6.07 Å². The molecule has 0 fully saturated rings. The lowest BCUT2D eigenvalue weighted by Gasteiger charge is -2.12. The van der Waals surface area contributed by atoms with Crippen LogP contribution in [0.3, 0.4) is 0 Å². The van der Waals surface area contributed by atoms with Crippen LogP contribution < -0.4 is 5.73 Å². The summed E-state index contributed by atoms with van der Waals surface area (Å²) < 4.78 is 76.1. The summed E-state index contributed by atoms with van der Waals surface area (Å²) >= 11 is 0. The van der Waals surface area contributed by atoms with Gasteiger partial charge in [0.15, 0.2) is 0 Å². The van der Waals surface area contributed by atoms with Gasteiger partial charge in [0, 0.05) is 10.9 Å². The van der Waals surface area contributed by atoms with Crippen molar-refractivity contribution in [2.24, 2.45) is 5.73 Å². The predicted octanol–water partition coefficient (Wildman–Crippen LogP) is 3.30. The second-order valence-corrected chi connectivity index (χ2v) is 4.03. The first kappa shape index (κ1) is 14.2. The molecule has 1 heterocycles. The van der Waals surface area contributed by atoms with Crippen LogP contribution in [-0.4, -0.2) is 10.9 Å². The van der Waals surface area contributed by atoms with Crippen molar-refractivity contribution >= 4 is 16.8 Å². The van der Waals surface area contributed by atoms with Crippen LogP contribution in [-0.2, 0) is 12.4 Å². The Balaban J connectivity index is 2.82. The van der Waals surface area contributed by atoms with Crippen molar-refractivity contribution in [1.29, 1.82) is 0 Å². The molecule has 9 heteroatoms. The molecule has 1 aromatic heterocycles. The van der Waals surface area contributed by atoms with Crippen molar-refractivity contribution in [3.63, 3.8) is 0 Å². The number of H-pyrrole nitrogens is 1. The molecule has 0 spiro atoms. The molecule has 0 aliphatic carbocycles. The number of primary amides is 1. The number of hydrogen-bond acceptors (Lipinski definition) is 1. The largest absolute Gasteiger partial charge is 0.417 e. The summed E-state index contributed by atoms with van der Waals surface area (Å²) in [5.41, 5.74) is 1.09. The number of rotatable bonds is 1. The van der Waals surface area contributed by atoms with E-state index < -0.39 is 46.0 Å². The Labute approximate surface area is 107 Å². The maximum atomic E-state index is 12.8. The molecule has 20 heavy (non-hydrogen) atoms. The molecule has 1 aromatic carbocycles. The van der Waals surface area contributed by atoms with Gasteiger partial charge in [-0.25, -0.2) is 0 Å². The molecule has 0 aliphatic heterocycles. The fourth-order valence-electron chi connectivity index (χ4n) is 1.77. The number of halogens is 6. The fourth-order valence-corrected chi connectivity index (χ4v) is 1.77. The highest BCUT2D eigenvalue weighted by molar-refractivity contribution is 5.98. The monoisotopic (exact) mass is 296 g/mol. The number of benzene rings is 1. The summed E-state index contributed by atoms with van der Waals surface area (Å²) in [6.07, 6.45) is -9.93. The standard InChI is InChI=1S/C11H6F6N2O/c12-10(13,14)4-1-6(11(15,16)17)5-3-8(9(18)20)19-7(5)2-4/h1-3,19H,(H2,18,20). The van der Waals surface area contributed by atoms with E-state index in [4.69, 9.17) is 5.73 Å². The van der Waals surface area contributed by atoms with Gasteiger partial charge in [-0.2, -0.15) is 26.3 Å². The predicted molar refractivity (Wildman–Crippen MR) is 56.8 cm³/mol. The van der Waals surface area contributed by atoms with E-state index in [0.29, 0.717) is 6.07 Å². The number of aromatic amines is 1. The van der Waals surface area contributed by atoms with E-state index in [1.54, 1.807) is 0 Å². The zero-order valence-electron chi connectivity index (χ0n) is 9.49. The second-order valence-electron chi connectivity index (χ2n) is 4.03. The smallest absolute Gasteiger partial charge is 0.364 e. The topological polar surface area (TPSA) is 58.9 Å². The number of nitrogens with one attached hydrogen (secondary N) is 1. The van der Waals surface area contributed by atoms with Crippen LogP contribution in [0.15, 0.2) is 18.2 Å². The first-order valence-electron chi connectivity index (χ1n) is 5.11. The molecule has 0 saturated heterocycles. The lowest BCUT2D eigenvalue weighted by Crippen LogP contribution is -2.11. The van der Waals surface area contributed by atoms with Crippen LogP contribution in [0.4, 0.5) is 26.3 Å². The maximum Gasteiger partial charge on any atom is 0.417 e. The first-order valence-corrected chi connectivity index (χ1v) is 5.11. The van der Waals surface area contributed by atoms with Crippen molar-refractivity contribution in [1.82, 2.24) is 4.98 Å². The highest BCUT2D eigenvalue weighted by Crippen LogP contribution is 2.40. The lowest BCUT2D eigenvalue weighted by molar-refractivity contribution is -0.142. The lowest BCUT2D eigenvalue weighted by atomic mass is 10.0. The van der Waals surface area contributed by atoms with Gasteiger partial charge in [0.05, 0.1) is 11.1 Å². The van der Waals surface area contributed by atoms with Crippen LogP contribution in [0.1, 0.15) is 21.6 Å². The minimum Gasteiger partial charge on any atom is -0.364 e. The Bertz CT molecular complexity index is 683. The highest BCUT2D eigenvalue weighted by atomic mass is 19.4. The molecule has 2 rings (SSSR count). The number of alkyl halides is 6. The number of fused-ring (bicyclic) bond motifs is 1. The van der Waals surface area contributed by atoms with Crippen molar-refractivity contribution in [2.75, 3.05) is 0 Å². The molecule has 0 atom stereocenters. The molecule has 0 unspecified atom stereocenters. The number of carbonyl (C=O) groups excluding carboxylic acids is 1. The van der Waals surface area contributed by atoms with E-state index in [1.807, 2.05) is 0 Å². The summed E-state index contributed by atoms with van der Waals surface area (Å²) in [5, 5.41) is -0.542. The van der Waals surface area contributed by atoms with Gasteiger partial charge in [-0.1, -0.05) is 0 Å². The summed E-state index contributed by atoms with van der Waals surface area (Å²) in [6, 6.07) is 1.28. The van der Waals surface area contributed by atoms with Crippen LogP contribution in [0, 0.1) is 0 Å². The Morgan fingerprint density at radius 3 is 2.05 bits per heavy atom. The normalized spacial score (nSPS) is 12.9. The van der Waals surface area contributed by atoms with E-state index in [2.05, 4.69) is 4.98 Å². The van der Waals surface area contributed by atoms with Gasteiger partial charge in [-0.05, 0) is 18.2 Å².